The van der Waals surface area contributed by atoms with Crippen molar-refractivity contribution in [1.82, 2.24) is 0 Å². The summed E-state index contributed by atoms with van der Waals surface area (Å²) in [6, 6.07) is 7.62. The van der Waals surface area contributed by atoms with Gasteiger partial charge in [0.15, 0.2) is 0 Å². The zero-order chi connectivity index (χ0) is 12.0. The number of benzene rings is 1. The normalized spacial score (nSPS) is 11.1. The smallest absolute Gasteiger partial charge is 0.341 e. The lowest BCUT2D eigenvalue weighted by Crippen LogP contribution is -2.05. The Kier molecular flexibility index (Phi) is 4.92. The molecule has 86 valence electrons. The van der Waals surface area contributed by atoms with Crippen molar-refractivity contribution in [3.8, 4) is 0 Å². The minimum atomic E-state index is -0.400. The zero-order valence-corrected chi connectivity index (χ0v) is 10.3. The van der Waals surface area contributed by atoms with Crippen molar-refractivity contribution in [2.75, 3.05) is 20.5 Å². The van der Waals surface area contributed by atoms with Crippen LogP contribution in [0.1, 0.15) is 5.56 Å². The van der Waals surface area contributed by atoms with Crippen LogP contribution in [0.4, 0.5) is 0 Å². The van der Waals surface area contributed by atoms with Crippen LogP contribution in [0.5, 0.6) is 0 Å². The third-order valence-electron chi connectivity index (χ3n) is 2.04. The van der Waals surface area contributed by atoms with Crippen LogP contribution in [0.3, 0.4) is 0 Å². The molecule has 3 nitrogen and oxygen atoms in total. The lowest BCUT2D eigenvalue weighted by molar-refractivity contribution is -0.133. The van der Waals surface area contributed by atoms with Crippen molar-refractivity contribution >= 4 is 23.3 Å². The molecule has 0 radical (unpaired) electrons. The molecule has 16 heavy (non-hydrogen) atoms. The molecule has 1 aromatic rings. The first kappa shape index (κ1) is 12.6. The Morgan fingerprint density at radius 1 is 1.31 bits per heavy atom. The molecule has 0 saturated heterocycles. The third-order valence-corrected chi connectivity index (χ3v) is 2.83. The van der Waals surface area contributed by atoms with Gasteiger partial charge in [0.1, 0.15) is 5.57 Å². The van der Waals surface area contributed by atoms with E-state index in [1.54, 1.807) is 11.8 Å². The SMILES string of the molecule is CO/C=C(\C(=O)OC)c1ccccc1SC. The van der Waals surface area contributed by atoms with E-state index in [0.717, 1.165) is 10.5 Å². The van der Waals surface area contributed by atoms with Gasteiger partial charge in [-0.3, -0.25) is 0 Å². The molecule has 0 fully saturated rings. The minimum Gasteiger partial charge on any atom is -0.503 e. The molecule has 4 heteroatoms. The van der Waals surface area contributed by atoms with Crippen molar-refractivity contribution in [2.45, 2.75) is 4.90 Å². The lowest BCUT2D eigenvalue weighted by Gasteiger charge is -2.09. The van der Waals surface area contributed by atoms with Crippen molar-refractivity contribution in [2.24, 2.45) is 0 Å². The molecule has 0 amide bonds. The average molecular weight is 238 g/mol. The van der Waals surface area contributed by atoms with Crippen molar-refractivity contribution in [3.63, 3.8) is 0 Å². The van der Waals surface area contributed by atoms with Crippen LogP contribution < -0.4 is 0 Å². The Labute approximate surface area is 99.4 Å². The maximum Gasteiger partial charge on any atom is 0.341 e. The van der Waals surface area contributed by atoms with E-state index in [1.165, 1.54) is 20.5 Å². The highest BCUT2D eigenvalue weighted by Crippen LogP contribution is 2.27. The number of carbonyl (C=O) groups excluding carboxylic acids is 1. The van der Waals surface area contributed by atoms with E-state index in [9.17, 15) is 4.79 Å². The fourth-order valence-electron chi connectivity index (χ4n) is 1.32. The number of hydrogen-bond donors (Lipinski definition) is 0. The van der Waals surface area contributed by atoms with Crippen molar-refractivity contribution in [3.05, 3.63) is 36.1 Å². The largest absolute Gasteiger partial charge is 0.503 e. The maximum atomic E-state index is 11.6. The summed E-state index contributed by atoms with van der Waals surface area (Å²) in [5, 5.41) is 0. The van der Waals surface area contributed by atoms with E-state index in [1.807, 2.05) is 30.5 Å². The molecular formula is C12H14O3S. The summed E-state index contributed by atoms with van der Waals surface area (Å²) in [5.74, 6) is -0.400. The summed E-state index contributed by atoms with van der Waals surface area (Å²) in [6.45, 7) is 0. The molecule has 0 aliphatic carbocycles. The van der Waals surface area contributed by atoms with Crippen LogP contribution >= 0.6 is 11.8 Å². The van der Waals surface area contributed by atoms with E-state index in [0.29, 0.717) is 5.57 Å². The highest BCUT2D eigenvalue weighted by molar-refractivity contribution is 7.98. The van der Waals surface area contributed by atoms with Crippen LogP contribution in [0.15, 0.2) is 35.4 Å². The van der Waals surface area contributed by atoms with Gasteiger partial charge in [-0.2, -0.15) is 0 Å². The first-order chi connectivity index (χ1) is 7.74. The van der Waals surface area contributed by atoms with Crippen LogP contribution in [-0.2, 0) is 14.3 Å². The second kappa shape index (κ2) is 6.23. The number of carbonyl (C=O) groups is 1. The van der Waals surface area contributed by atoms with Crippen LogP contribution in [0.2, 0.25) is 0 Å². The summed E-state index contributed by atoms with van der Waals surface area (Å²) in [4.78, 5) is 12.6. The highest BCUT2D eigenvalue weighted by atomic mass is 32.2. The summed E-state index contributed by atoms with van der Waals surface area (Å²) >= 11 is 1.57. The molecule has 0 spiro atoms. The van der Waals surface area contributed by atoms with Gasteiger partial charge in [-0.05, 0) is 12.3 Å². The predicted octanol–water partition coefficient (Wildman–Crippen LogP) is 2.57. The first-order valence-corrected chi connectivity index (χ1v) is 5.91. The van der Waals surface area contributed by atoms with Gasteiger partial charge < -0.3 is 9.47 Å². The number of ether oxygens (including phenoxy) is 2. The van der Waals surface area contributed by atoms with E-state index in [-0.39, 0.29) is 0 Å². The summed E-state index contributed by atoms with van der Waals surface area (Å²) < 4.78 is 9.63. The van der Waals surface area contributed by atoms with Crippen molar-refractivity contribution < 1.29 is 14.3 Å². The van der Waals surface area contributed by atoms with Gasteiger partial charge in [0, 0.05) is 10.5 Å². The summed E-state index contributed by atoms with van der Waals surface area (Å²) in [5.41, 5.74) is 1.25. The van der Waals surface area contributed by atoms with Crippen LogP contribution in [0.25, 0.3) is 5.57 Å². The summed E-state index contributed by atoms with van der Waals surface area (Å²) in [6.07, 6.45) is 3.36. The third kappa shape index (κ3) is 2.79. The molecule has 0 N–H and O–H groups in total. The van der Waals surface area contributed by atoms with E-state index >= 15 is 0 Å². The molecule has 0 atom stereocenters. The fourth-order valence-corrected chi connectivity index (χ4v) is 1.93. The van der Waals surface area contributed by atoms with Gasteiger partial charge in [-0.15, -0.1) is 11.8 Å². The zero-order valence-electron chi connectivity index (χ0n) is 9.52. The van der Waals surface area contributed by atoms with E-state index in [4.69, 9.17) is 9.47 Å². The van der Waals surface area contributed by atoms with Gasteiger partial charge in [0.2, 0.25) is 0 Å². The molecule has 0 saturated carbocycles. The maximum absolute atomic E-state index is 11.6. The topological polar surface area (TPSA) is 35.5 Å². The first-order valence-electron chi connectivity index (χ1n) is 4.69. The number of thioether (sulfide) groups is 1. The molecule has 0 aliphatic rings. The van der Waals surface area contributed by atoms with Crippen molar-refractivity contribution in [1.29, 1.82) is 0 Å². The molecule has 1 rings (SSSR count). The number of rotatable bonds is 4. The Morgan fingerprint density at radius 3 is 2.56 bits per heavy atom. The summed E-state index contributed by atoms with van der Waals surface area (Å²) in [7, 11) is 2.86. The minimum absolute atomic E-state index is 0.400. The highest BCUT2D eigenvalue weighted by Gasteiger charge is 2.15. The van der Waals surface area contributed by atoms with Crippen LogP contribution in [-0.4, -0.2) is 26.4 Å². The average Bonchev–Trinajstić information content (AvgIpc) is 2.35. The molecule has 0 aliphatic heterocycles. The second-order valence-electron chi connectivity index (χ2n) is 2.96. The predicted molar refractivity (Wildman–Crippen MR) is 65.2 cm³/mol. The van der Waals surface area contributed by atoms with Gasteiger partial charge in [-0.25, -0.2) is 4.79 Å². The van der Waals surface area contributed by atoms with E-state index < -0.39 is 5.97 Å². The van der Waals surface area contributed by atoms with Gasteiger partial charge >= 0.3 is 5.97 Å². The second-order valence-corrected chi connectivity index (χ2v) is 3.81. The van der Waals surface area contributed by atoms with Gasteiger partial charge in [0.05, 0.1) is 20.5 Å². The number of esters is 1. The molecular weight excluding hydrogens is 224 g/mol. The Balaban J connectivity index is 3.21. The fraction of sp³-hybridized carbons (Fsp3) is 0.250. The Hall–Kier alpha value is -1.42. The molecule has 1 aromatic carbocycles. The number of methoxy groups -OCH3 is 2. The lowest BCUT2D eigenvalue weighted by atomic mass is 10.1. The van der Waals surface area contributed by atoms with E-state index in [2.05, 4.69) is 0 Å². The Morgan fingerprint density at radius 2 is 2.00 bits per heavy atom. The number of hydrogen-bond acceptors (Lipinski definition) is 4. The molecule has 0 bridgehead atoms. The monoisotopic (exact) mass is 238 g/mol. The standard InChI is InChI=1S/C12H14O3S/c1-14-8-10(12(13)15-2)9-6-4-5-7-11(9)16-3/h4-8H,1-3H3/b10-8-. The molecule has 0 aromatic heterocycles. The molecule has 0 unspecified atom stereocenters. The molecule has 0 heterocycles. The van der Waals surface area contributed by atoms with Gasteiger partial charge in [-0.1, -0.05) is 18.2 Å². The Bertz CT molecular complexity index is 399. The quantitative estimate of drug-likeness (QED) is 0.349. The van der Waals surface area contributed by atoms with Gasteiger partial charge in [0.25, 0.3) is 0 Å². The van der Waals surface area contributed by atoms with Crippen LogP contribution in [0, 0.1) is 0 Å².